The standard InChI is InChI=1S/C8H14N2O2/c1-5(2)10-6(3)8(12)9-4-7(10)11/h5-6H,4H2,1-3H3,(H,9,12). The van der Waals surface area contributed by atoms with E-state index in [1.807, 2.05) is 13.8 Å². The van der Waals surface area contributed by atoms with E-state index in [2.05, 4.69) is 5.32 Å². The summed E-state index contributed by atoms with van der Waals surface area (Å²) in [6.07, 6.45) is 0. The van der Waals surface area contributed by atoms with Crippen molar-refractivity contribution >= 4 is 11.8 Å². The molecule has 1 heterocycles. The SMILES string of the molecule is CC(C)N1C(=O)CNC(=O)C1C. The molecule has 0 aromatic carbocycles. The van der Waals surface area contributed by atoms with Gasteiger partial charge < -0.3 is 10.2 Å². The summed E-state index contributed by atoms with van der Waals surface area (Å²) < 4.78 is 0. The number of piperazine rings is 1. The van der Waals surface area contributed by atoms with Crippen LogP contribution in [0.1, 0.15) is 20.8 Å². The maximum Gasteiger partial charge on any atom is 0.242 e. The van der Waals surface area contributed by atoms with Crippen LogP contribution in [0.5, 0.6) is 0 Å². The van der Waals surface area contributed by atoms with E-state index < -0.39 is 0 Å². The first-order valence-corrected chi connectivity index (χ1v) is 4.13. The van der Waals surface area contributed by atoms with E-state index in [-0.39, 0.29) is 30.4 Å². The van der Waals surface area contributed by atoms with Crippen molar-refractivity contribution in [3.8, 4) is 0 Å². The third kappa shape index (κ3) is 1.42. The summed E-state index contributed by atoms with van der Waals surface area (Å²) in [6.45, 7) is 5.70. The molecule has 0 spiro atoms. The lowest BCUT2D eigenvalue weighted by atomic mass is 10.1. The number of hydrogen-bond acceptors (Lipinski definition) is 2. The van der Waals surface area contributed by atoms with Crippen LogP contribution >= 0.6 is 0 Å². The van der Waals surface area contributed by atoms with Gasteiger partial charge in [-0.2, -0.15) is 0 Å². The smallest absolute Gasteiger partial charge is 0.242 e. The van der Waals surface area contributed by atoms with Gasteiger partial charge in [0.2, 0.25) is 11.8 Å². The molecule has 0 aliphatic carbocycles. The Bertz CT molecular complexity index is 213. The molecule has 68 valence electrons. The molecule has 1 N–H and O–H groups in total. The second-order valence-electron chi connectivity index (χ2n) is 3.29. The van der Waals surface area contributed by atoms with Crippen LogP contribution in [0.4, 0.5) is 0 Å². The molecule has 1 rings (SSSR count). The van der Waals surface area contributed by atoms with Gasteiger partial charge in [0.05, 0.1) is 6.54 Å². The lowest BCUT2D eigenvalue weighted by Crippen LogP contribution is -2.59. The van der Waals surface area contributed by atoms with E-state index in [0.717, 1.165) is 0 Å². The maximum atomic E-state index is 11.3. The molecule has 0 aromatic rings. The topological polar surface area (TPSA) is 49.4 Å². The lowest BCUT2D eigenvalue weighted by Gasteiger charge is -2.35. The van der Waals surface area contributed by atoms with Gasteiger partial charge in [0.15, 0.2) is 0 Å². The molecule has 0 bridgehead atoms. The Morgan fingerprint density at radius 1 is 1.50 bits per heavy atom. The van der Waals surface area contributed by atoms with Crippen molar-refractivity contribution in [2.75, 3.05) is 6.54 Å². The second kappa shape index (κ2) is 3.13. The van der Waals surface area contributed by atoms with Gasteiger partial charge in [-0.25, -0.2) is 0 Å². The van der Waals surface area contributed by atoms with Crippen LogP contribution in [0.2, 0.25) is 0 Å². The zero-order valence-corrected chi connectivity index (χ0v) is 7.63. The second-order valence-corrected chi connectivity index (χ2v) is 3.29. The highest BCUT2D eigenvalue weighted by atomic mass is 16.2. The summed E-state index contributed by atoms with van der Waals surface area (Å²) >= 11 is 0. The molecule has 1 saturated heterocycles. The Labute approximate surface area is 71.9 Å². The monoisotopic (exact) mass is 170 g/mol. The molecule has 1 atom stereocenters. The number of nitrogens with zero attached hydrogens (tertiary/aromatic N) is 1. The Kier molecular flexibility index (Phi) is 2.35. The summed E-state index contributed by atoms with van der Waals surface area (Å²) in [4.78, 5) is 24.1. The molecule has 4 nitrogen and oxygen atoms in total. The molecule has 1 fully saturated rings. The van der Waals surface area contributed by atoms with Gasteiger partial charge in [0, 0.05) is 6.04 Å². The summed E-state index contributed by atoms with van der Waals surface area (Å²) in [5.41, 5.74) is 0. The van der Waals surface area contributed by atoms with Crippen LogP contribution in [0.25, 0.3) is 0 Å². The third-order valence-corrected chi connectivity index (χ3v) is 2.05. The fraction of sp³-hybridized carbons (Fsp3) is 0.750. The summed E-state index contributed by atoms with van der Waals surface area (Å²) in [7, 11) is 0. The minimum atomic E-state index is -0.328. The zero-order valence-electron chi connectivity index (χ0n) is 7.63. The Morgan fingerprint density at radius 3 is 2.50 bits per heavy atom. The number of carbonyl (C=O) groups excluding carboxylic acids is 2. The predicted molar refractivity (Wildman–Crippen MR) is 44.5 cm³/mol. The molecule has 4 heteroatoms. The summed E-state index contributed by atoms with van der Waals surface area (Å²) in [5.74, 6) is -0.0691. The zero-order chi connectivity index (χ0) is 9.30. The van der Waals surface area contributed by atoms with Crippen LogP contribution in [0.15, 0.2) is 0 Å². The van der Waals surface area contributed by atoms with E-state index in [1.165, 1.54) is 0 Å². The van der Waals surface area contributed by atoms with E-state index in [0.29, 0.717) is 0 Å². The highest BCUT2D eigenvalue weighted by Crippen LogP contribution is 2.09. The fourth-order valence-electron chi connectivity index (χ4n) is 1.48. The number of amides is 2. The van der Waals surface area contributed by atoms with E-state index >= 15 is 0 Å². The number of nitrogens with one attached hydrogen (secondary N) is 1. The van der Waals surface area contributed by atoms with Crippen LogP contribution in [-0.4, -0.2) is 35.3 Å². The van der Waals surface area contributed by atoms with Crippen molar-refractivity contribution < 1.29 is 9.59 Å². The quantitative estimate of drug-likeness (QED) is 0.589. The molecule has 1 aliphatic heterocycles. The van der Waals surface area contributed by atoms with Gasteiger partial charge in [0.25, 0.3) is 0 Å². The van der Waals surface area contributed by atoms with Crippen LogP contribution in [-0.2, 0) is 9.59 Å². The van der Waals surface area contributed by atoms with Crippen molar-refractivity contribution in [1.82, 2.24) is 10.2 Å². The first kappa shape index (κ1) is 9.03. The van der Waals surface area contributed by atoms with E-state index in [1.54, 1.807) is 11.8 Å². The molecular weight excluding hydrogens is 156 g/mol. The van der Waals surface area contributed by atoms with Gasteiger partial charge in [0.1, 0.15) is 6.04 Å². The Balaban J connectivity index is 2.78. The first-order valence-electron chi connectivity index (χ1n) is 4.13. The number of hydrogen-bond donors (Lipinski definition) is 1. The Morgan fingerprint density at radius 2 is 2.08 bits per heavy atom. The average molecular weight is 170 g/mol. The molecule has 1 aliphatic rings. The summed E-state index contributed by atoms with van der Waals surface area (Å²) in [6, 6.07) is -0.232. The molecule has 2 amide bonds. The molecule has 1 unspecified atom stereocenters. The molecule has 0 aromatic heterocycles. The minimum absolute atomic E-state index is 0.00269. The van der Waals surface area contributed by atoms with Crippen LogP contribution in [0.3, 0.4) is 0 Å². The van der Waals surface area contributed by atoms with Crippen LogP contribution in [0, 0.1) is 0 Å². The van der Waals surface area contributed by atoms with E-state index in [4.69, 9.17) is 0 Å². The van der Waals surface area contributed by atoms with Gasteiger partial charge >= 0.3 is 0 Å². The Hall–Kier alpha value is -1.06. The predicted octanol–water partition coefficient (Wildman–Crippen LogP) is -0.258. The van der Waals surface area contributed by atoms with Crippen molar-refractivity contribution in [2.24, 2.45) is 0 Å². The van der Waals surface area contributed by atoms with Crippen LogP contribution < -0.4 is 5.32 Å². The highest BCUT2D eigenvalue weighted by Gasteiger charge is 2.32. The minimum Gasteiger partial charge on any atom is -0.345 e. The van der Waals surface area contributed by atoms with Crippen molar-refractivity contribution in [2.45, 2.75) is 32.9 Å². The van der Waals surface area contributed by atoms with Gasteiger partial charge in [-0.1, -0.05) is 0 Å². The average Bonchev–Trinajstić information content (AvgIpc) is 1.97. The van der Waals surface area contributed by atoms with Crippen molar-refractivity contribution in [3.63, 3.8) is 0 Å². The normalized spacial score (nSPS) is 24.7. The van der Waals surface area contributed by atoms with Gasteiger partial charge in [-0.3, -0.25) is 9.59 Å². The lowest BCUT2D eigenvalue weighted by molar-refractivity contribution is -0.146. The summed E-state index contributed by atoms with van der Waals surface area (Å²) in [5, 5.41) is 2.54. The van der Waals surface area contributed by atoms with Gasteiger partial charge in [-0.05, 0) is 20.8 Å². The first-order chi connectivity index (χ1) is 5.54. The maximum absolute atomic E-state index is 11.3. The molecular formula is C8H14N2O2. The molecule has 12 heavy (non-hydrogen) atoms. The molecule has 0 radical (unpaired) electrons. The third-order valence-electron chi connectivity index (χ3n) is 2.05. The fourth-order valence-corrected chi connectivity index (χ4v) is 1.48. The largest absolute Gasteiger partial charge is 0.345 e. The number of rotatable bonds is 1. The van der Waals surface area contributed by atoms with Gasteiger partial charge in [-0.15, -0.1) is 0 Å². The highest BCUT2D eigenvalue weighted by molar-refractivity contribution is 5.94. The van der Waals surface area contributed by atoms with Crippen molar-refractivity contribution in [1.29, 1.82) is 0 Å². The molecule has 0 saturated carbocycles. The number of carbonyl (C=O) groups is 2. The van der Waals surface area contributed by atoms with Crippen molar-refractivity contribution in [3.05, 3.63) is 0 Å². The van der Waals surface area contributed by atoms with E-state index in [9.17, 15) is 9.59 Å².